The second kappa shape index (κ2) is 3.25. The molecule has 1 aromatic rings. The Morgan fingerprint density at radius 1 is 1.36 bits per heavy atom. The molecule has 14 heavy (non-hydrogen) atoms. The highest BCUT2D eigenvalue weighted by atomic mass is 19.1. The molecule has 0 aromatic heterocycles. The van der Waals surface area contributed by atoms with E-state index in [0.29, 0.717) is 11.1 Å². The van der Waals surface area contributed by atoms with Gasteiger partial charge in [0.15, 0.2) is 0 Å². The Bertz CT molecular complexity index is 410. The first-order chi connectivity index (χ1) is 6.68. The van der Waals surface area contributed by atoms with Crippen LogP contribution in [0.25, 0.3) is 5.57 Å². The van der Waals surface area contributed by atoms with E-state index >= 15 is 0 Å². The summed E-state index contributed by atoms with van der Waals surface area (Å²) in [4.78, 5) is 10.9. The molecule has 1 aliphatic rings. The lowest BCUT2D eigenvalue weighted by Crippen LogP contribution is -2.06. The zero-order valence-electron chi connectivity index (χ0n) is 7.66. The molecule has 1 aliphatic heterocycles. The Morgan fingerprint density at radius 3 is 2.64 bits per heavy atom. The van der Waals surface area contributed by atoms with E-state index in [9.17, 15) is 9.18 Å². The van der Waals surface area contributed by atoms with E-state index in [-0.39, 0.29) is 11.9 Å². The molecule has 0 bridgehead atoms. The number of benzene rings is 1. The largest absolute Gasteiger partial charge is 0.455 e. The first-order valence-electron chi connectivity index (χ1n) is 4.35. The van der Waals surface area contributed by atoms with Crippen LogP contribution >= 0.6 is 0 Å². The summed E-state index contributed by atoms with van der Waals surface area (Å²) in [5.74, 6) is -0.736. The molecule has 0 radical (unpaired) electrons. The average Bonchev–Trinajstić information content (AvgIpc) is 2.46. The van der Waals surface area contributed by atoms with Crippen LogP contribution in [0.5, 0.6) is 0 Å². The van der Waals surface area contributed by atoms with Crippen molar-refractivity contribution in [2.24, 2.45) is 0 Å². The highest BCUT2D eigenvalue weighted by Crippen LogP contribution is 2.27. The molecule has 0 saturated heterocycles. The monoisotopic (exact) mass is 192 g/mol. The van der Waals surface area contributed by atoms with E-state index < -0.39 is 5.97 Å². The Morgan fingerprint density at radius 2 is 2.07 bits per heavy atom. The quantitative estimate of drug-likeness (QED) is 0.637. The standard InChI is InChI=1S/C11H9FO2/c1-7-9(6-11(13)14-7)8-4-2-3-5-10(8)12/h2-7H,1H3. The summed E-state index contributed by atoms with van der Waals surface area (Å²) in [6.07, 6.45) is 0.975. The number of esters is 1. The Labute approximate surface area is 81.0 Å². The lowest BCUT2D eigenvalue weighted by atomic mass is 10.0. The average molecular weight is 192 g/mol. The Balaban J connectivity index is 2.46. The molecule has 2 rings (SSSR count). The molecule has 0 amide bonds. The zero-order chi connectivity index (χ0) is 10.1. The summed E-state index contributed by atoms with van der Waals surface area (Å²) in [6, 6.07) is 6.35. The minimum atomic E-state index is -0.407. The van der Waals surface area contributed by atoms with Crippen LogP contribution in [-0.4, -0.2) is 12.1 Å². The van der Waals surface area contributed by atoms with Gasteiger partial charge in [-0.2, -0.15) is 0 Å². The minimum Gasteiger partial charge on any atom is -0.455 e. The van der Waals surface area contributed by atoms with Crippen molar-refractivity contribution in [1.82, 2.24) is 0 Å². The van der Waals surface area contributed by atoms with Crippen molar-refractivity contribution in [3.05, 3.63) is 41.7 Å². The molecule has 3 heteroatoms. The van der Waals surface area contributed by atoms with Gasteiger partial charge < -0.3 is 4.74 Å². The van der Waals surface area contributed by atoms with Crippen LogP contribution in [0, 0.1) is 5.82 Å². The molecule has 0 saturated carbocycles. The number of cyclic esters (lactones) is 1. The first kappa shape index (κ1) is 8.94. The molecule has 1 heterocycles. The molecule has 2 nitrogen and oxygen atoms in total. The smallest absolute Gasteiger partial charge is 0.331 e. The number of carbonyl (C=O) groups is 1. The predicted octanol–water partition coefficient (Wildman–Crippen LogP) is 2.15. The first-order valence-corrected chi connectivity index (χ1v) is 4.35. The Hall–Kier alpha value is -1.64. The van der Waals surface area contributed by atoms with Crippen molar-refractivity contribution in [3.8, 4) is 0 Å². The second-order valence-electron chi connectivity index (χ2n) is 3.16. The topological polar surface area (TPSA) is 26.3 Å². The maximum Gasteiger partial charge on any atom is 0.331 e. The predicted molar refractivity (Wildman–Crippen MR) is 49.9 cm³/mol. The maximum atomic E-state index is 13.3. The van der Waals surface area contributed by atoms with E-state index in [1.165, 1.54) is 12.1 Å². The molecule has 1 atom stereocenters. The fourth-order valence-electron chi connectivity index (χ4n) is 1.51. The SMILES string of the molecule is CC1OC(=O)C=C1c1ccccc1F. The number of ether oxygens (including phenoxy) is 1. The van der Waals surface area contributed by atoms with Gasteiger partial charge in [0.2, 0.25) is 0 Å². The van der Waals surface area contributed by atoms with Crippen LogP contribution in [0.15, 0.2) is 30.3 Å². The minimum absolute atomic E-state index is 0.330. The van der Waals surface area contributed by atoms with E-state index in [1.54, 1.807) is 25.1 Å². The molecular formula is C11H9FO2. The van der Waals surface area contributed by atoms with Crippen LogP contribution in [-0.2, 0) is 9.53 Å². The van der Waals surface area contributed by atoms with E-state index in [4.69, 9.17) is 4.74 Å². The van der Waals surface area contributed by atoms with Crippen molar-refractivity contribution >= 4 is 11.5 Å². The summed E-state index contributed by atoms with van der Waals surface area (Å²) in [5, 5.41) is 0. The van der Waals surface area contributed by atoms with Crippen LogP contribution in [0.3, 0.4) is 0 Å². The van der Waals surface area contributed by atoms with Gasteiger partial charge in [0.25, 0.3) is 0 Å². The van der Waals surface area contributed by atoms with E-state index in [1.807, 2.05) is 0 Å². The Kier molecular flexibility index (Phi) is 2.08. The molecule has 1 aromatic carbocycles. The highest BCUT2D eigenvalue weighted by molar-refractivity contribution is 5.97. The number of halogens is 1. The maximum absolute atomic E-state index is 13.3. The van der Waals surface area contributed by atoms with Crippen LogP contribution < -0.4 is 0 Å². The summed E-state index contributed by atoms with van der Waals surface area (Å²) < 4.78 is 18.2. The van der Waals surface area contributed by atoms with Gasteiger partial charge in [0.05, 0.1) is 0 Å². The summed E-state index contributed by atoms with van der Waals surface area (Å²) in [6.45, 7) is 1.73. The molecule has 0 fully saturated rings. The number of hydrogen-bond donors (Lipinski definition) is 0. The zero-order valence-corrected chi connectivity index (χ0v) is 7.66. The van der Waals surface area contributed by atoms with Gasteiger partial charge in [-0.05, 0) is 13.0 Å². The van der Waals surface area contributed by atoms with E-state index in [0.717, 1.165) is 0 Å². The highest BCUT2D eigenvalue weighted by Gasteiger charge is 2.24. The van der Waals surface area contributed by atoms with Crippen molar-refractivity contribution < 1.29 is 13.9 Å². The van der Waals surface area contributed by atoms with Gasteiger partial charge in [-0.1, -0.05) is 18.2 Å². The lowest BCUT2D eigenvalue weighted by molar-refractivity contribution is -0.137. The number of rotatable bonds is 1. The van der Waals surface area contributed by atoms with Gasteiger partial charge in [0.1, 0.15) is 11.9 Å². The molecule has 72 valence electrons. The van der Waals surface area contributed by atoms with E-state index in [2.05, 4.69) is 0 Å². The number of hydrogen-bond acceptors (Lipinski definition) is 2. The fourth-order valence-corrected chi connectivity index (χ4v) is 1.51. The summed E-state index contributed by atoms with van der Waals surface area (Å²) in [5.41, 5.74) is 1.04. The number of carbonyl (C=O) groups excluding carboxylic acids is 1. The third kappa shape index (κ3) is 1.41. The van der Waals surface area contributed by atoms with Crippen LogP contribution in [0.1, 0.15) is 12.5 Å². The van der Waals surface area contributed by atoms with Gasteiger partial charge in [-0.3, -0.25) is 0 Å². The molecule has 1 unspecified atom stereocenters. The van der Waals surface area contributed by atoms with Gasteiger partial charge in [-0.25, -0.2) is 9.18 Å². The normalized spacial score (nSPS) is 20.6. The summed E-state index contributed by atoms with van der Waals surface area (Å²) >= 11 is 0. The molecular weight excluding hydrogens is 183 g/mol. The van der Waals surface area contributed by atoms with Gasteiger partial charge in [-0.15, -0.1) is 0 Å². The van der Waals surface area contributed by atoms with Crippen LogP contribution in [0.2, 0.25) is 0 Å². The molecule has 0 N–H and O–H groups in total. The fraction of sp³-hybridized carbons (Fsp3) is 0.182. The lowest BCUT2D eigenvalue weighted by Gasteiger charge is -2.08. The second-order valence-corrected chi connectivity index (χ2v) is 3.16. The van der Waals surface area contributed by atoms with Crippen molar-refractivity contribution in [1.29, 1.82) is 0 Å². The summed E-state index contributed by atoms with van der Waals surface area (Å²) in [7, 11) is 0. The van der Waals surface area contributed by atoms with Crippen molar-refractivity contribution in [2.45, 2.75) is 13.0 Å². The molecule has 0 aliphatic carbocycles. The third-order valence-corrected chi connectivity index (χ3v) is 2.19. The van der Waals surface area contributed by atoms with Crippen molar-refractivity contribution in [3.63, 3.8) is 0 Å². The van der Waals surface area contributed by atoms with Gasteiger partial charge >= 0.3 is 5.97 Å². The third-order valence-electron chi connectivity index (χ3n) is 2.19. The van der Waals surface area contributed by atoms with Crippen LogP contribution in [0.4, 0.5) is 4.39 Å². The van der Waals surface area contributed by atoms with Crippen molar-refractivity contribution in [2.75, 3.05) is 0 Å². The molecule has 0 spiro atoms. The van der Waals surface area contributed by atoms with Gasteiger partial charge in [0, 0.05) is 17.2 Å².